The lowest BCUT2D eigenvalue weighted by Crippen LogP contribution is -2.16. The highest BCUT2D eigenvalue weighted by Gasteiger charge is 2.22. The number of aliphatic carboxylic acids is 1. The largest absolute Gasteiger partial charge is 0.481 e. The van der Waals surface area contributed by atoms with E-state index in [1.54, 1.807) is 12.1 Å². The van der Waals surface area contributed by atoms with Gasteiger partial charge in [-0.25, -0.2) is 0 Å². The second-order valence-corrected chi connectivity index (χ2v) is 6.91. The number of non-ortho nitro benzene ring substituents is 1. The topological polar surface area (TPSA) is 120 Å². The van der Waals surface area contributed by atoms with Gasteiger partial charge in [-0.15, -0.1) is 10.2 Å². The number of carbonyl (C=O) groups is 1. The lowest BCUT2D eigenvalue weighted by molar-refractivity contribution is -0.384. The van der Waals surface area contributed by atoms with Gasteiger partial charge in [0.25, 0.3) is 5.69 Å². The second-order valence-electron chi connectivity index (χ2n) is 5.85. The summed E-state index contributed by atoms with van der Waals surface area (Å²) in [7, 11) is 0. The number of aromatic nitrogens is 3. The van der Waals surface area contributed by atoms with Crippen LogP contribution in [0.4, 0.5) is 5.69 Å². The Bertz CT molecular complexity index is 786. The van der Waals surface area contributed by atoms with Crippen LogP contribution in [0.15, 0.2) is 29.4 Å². The fraction of sp³-hybridized carbons (Fsp3) is 0.438. The van der Waals surface area contributed by atoms with Gasteiger partial charge >= 0.3 is 5.97 Å². The van der Waals surface area contributed by atoms with E-state index in [9.17, 15) is 14.9 Å². The van der Waals surface area contributed by atoms with Crippen molar-refractivity contribution >= 4 is 23.4 Å². The van der Waals surface area contributed by atoms with Gasteiger partial charge < -0.3 is 9.84 Å². The molecule has 1 aromatic heterocycles. The third kappa shape index (κ3) is 4.38. The van der Waals surface area contributed by atoms with E-state index in [2.05, 4.69) is 10.2 Å². The smallest absolute Gasteiger partial charge is 0.304 e. The normalized spacial score (nSPS) is 16.7. The number of hydrogen-bond donors (Lipinski definition) is 1. The number of rotatable bonds is 8. The molecule has 2 aromatic rings. The summed E-state index contributed by atoms with van der Waals surface area (Å²) in [5.74, 6) is 0.116. The first-order chi connectivity index (χ1) is 12.5. The van der Waals surface area contributed by atoms with Crippen LogP contribution in [0.25, 0.3) is 11.4 Å². The SMILES string of the molecule is O=C(O)CCSc1nnc(-c2ccc([N+](=O)[O-])cc2)n1C[C@@H]1CCCO1. The van der Waals surface area contributed by atoms with Crippen molar-refractivity contribution in [2.75, 3.05) is 12.4 Å². The molecule has 1 saturated heterocycles. The summed E-state index contributed by atoms with van der Waals surface area (Å²) in [6.45, 7) is 1.29. The average molecular weight is 378 g/mol. The summed E-state index contributed by atoms with van der Waals surface area (Å²) in [5, 5.41) is 28.7. The van der Waals surface area contributed by atoms with Crippen LogP contribution < -0.4 is 0 Å². The third-order valence-corrected chi connectivity index (χ3v) is 4.98. The van der Waals surface area contributed by atoms with Gasteiger partial charge in [0, 0.05) is 30.1 Å². The summed E-state index contributed by atoms with van der Waals surface area (Å²) >= 11 is 1.33. The molecule has 0 bridgehead atoms. The Hall–Kier alpha value is -2.46. The Kier molecular flexibility index (Phi) is 5.84. The van der Waals surface area contributed by atoms with Crippen molar-refractivity contribution in [1.82, 2.24) is 14.8 Å². The standard InChI is InChI=1S/C16H18N4O5S/c21-14(22)7-9-26-16-18-17-15(19(16)10-13-2-1-8-25-13)11-3-5-12(6-4-11)20(23)24/h3-6,13H,1-2,7-10H2,(H,21,22)/t13-/m0/s1. The van der Waals surface area contributed by atoms with Crippen LogP contribution in [0.1, 0.15) is 19.3 Å². The number of carboxylic acid groups (broad SMARTS) is 1. The van der Waals surface area contributed by atoms with Gasteiger partial charge in [0.05, 0.1) is 24.0 Å². The lowest BCUT2D eigenvalue weighted by Gasteiger charge is -2.14. The van der Waals surface area contributed by atoms with E-state index in [0.717, 1.165) is 19.4 Å². The highest BCUT2D eigenvalue weighted by atomic mass is 32.2. The van der Waals surface area contributed by atoms with E-state index in [4.69, 9.17) is 9.84 Å². The van der Waals surface area contributed by atoms with Crippen LogP contribution >= 0.6 is 11.8 Å². The fourth-order valence-electron chi connectivity index (χ4n) is 2.73. The average Bonchev–Trinajstić information content (AvgIpc) is 3.26. The van der Waals surface area contributed by atoms with Gasteiger partial charge in [-0.2, -0.15) is 0 Å². The van der Waals surface area contributed by atoms with Gasteiger partial charge in [-0.1, -0.05) is 11.8 Å². The molecule has 0 saturated carbocycles. The molecule has 1 aromatic carbocycles. The number of nitrogens with zero attached hydrogens (tertiary/aromatic N) is 4. The van der Waals surface area contributed by atoms with Crippen LogP contribution in [0, 0.1) is 10.1 Å². The number of benzene rings is 1. The zero-order valence-corrected chi connectivity index (χ0v) is 14.7. The Balaban J connectivity index is 1.86. The Morgan fingerprint density at radius 3 is 2.77 bits per heavy atom. The number of ether oxygens (including phenoxy) is 1. The number of nitro groups is 1. The maximum Gasteiger partial charge on any atom is 0.304 e. The first-order valence-corrected chi connectivity index (χ1v) is 9.17. The number of carboxylic acids is 1. The minimum Gasteiger partial charge on any atom is -0.481 e. The zero-order valence-electron chi connectivity index (χ0n) is 13.9. The molecule has 1 aliphatic heterocycles. The predicted octanol–water partition coefficient (Wildman–Crippen LogP) is 2.60. The first-order valence-electron chi connectivity index (χ1n) is 8.19. The van der Waals surface area contributed by atoms with E-state index in [-0.39, 0.29) is 18.2 Å². The van der Waals surface area contributed by atoms with Crippen molar-refractivity contribution in [2.24, 2.45) is 0 Å². The molecular weight excluding hydrogens is 360 g/mol. The molecule has 138 valence electrons. The molecule has 2 heterocycles. The Labute approximate surface area is 153 Å². The van der Waals surface area contributed by atoms with Crippen LogP contribution in [-0.2, 0) is 16.1 Å². The first kappa shape index (κ1) is 18.3. The molecule has 0 amide bonds. The van der Waals surface area contributed by atoms with E-state index >= 15 is 0 Å². The predicted molar refractivity (Wildman–Crippen MR) is 94.1 cm³/mol. The molecule has 1 aliphatic rings. The summed E-state index contributed by atoms with van der Waals surface area (Å²) < 4.78 is 7.60. The molecule has 26 heavy (non-hydrogen) atoms. The Morgan fingerprint density at radius 2 is 2.15 bits per heavy atom. The van der Waals surface area contributed by atoms with Crippen molar-refractivity contribution in [2.45, 2.75) is 37.1 Å². The van der Waals surface area contributed by atoms with Gasteiger partial charge in [-0.3, -0.25) is 19.5 Å². The molecule has 0 aliphatic carbocycles. The molecule has 9 nitrogen and oxygen atoms in total. The van der Waals surface area contributed by atoms with Crippen LogP contribution in [0.3, 0.4) is 0 Å². The summed E-state index contributed by atoms with van der Waals surface area (Å²) in [6.07, 6.45) is 2.03. The third-order valence-electron chi connectivity index (χ3n) is 4.01. The molecule has 0 spiro atoms. The highest BCUT2D eigenvalue weighted by molar-refractivity contribution is 7.99. The number of thioether (sulfide) groups is 1. The summed E-state index contributed by atoms with van der Waals surface area (Å²) in [5.41, 5.74) is 0.723. The molecule has 1 N–H and O–H groups in total. The van der Waals surface area contributed by atoms with Crippen molar-refractivity contribution < 1.29 is 19.6 Å². The second kappa shape index (κ2) is 8.28. The summed E-state index contributed by atoms with van der Waals surface area (Å²) in [4.78, 5) is 21.1. The van der Waals surface area contributed by atoms with Gasteiger partial charge in [0.15, 0.2) is 11.0 Å². The van der Waals surface area contributed by atoms with Crippen LogP contribution in [0.2, 0.25) is 0 Å². The van der Waals surface area contributed by atoms with Crippen molar-refractivity contribution in [3.63, 3.8) is 0 Å². The molecule has 1 fully saturated rings. The number of nitro benzene ring substituents is 1. The minimum atomic E-state index is -0.863. The highest BCUT2D eigenvalue weighted by Crippen LogP contribution is 2.28. The van der Waals surface area contributed by atoms with Gasteiger partial charge in [-0.05, 0) is 25.0 Å². The lowest BCUT2D eigenvalue weighted by atomic mass is 10.2. The van der Waals surface area contributed by atoms with Gasteiger partial charge in [0.1, 0.15) is 0 Å². The quantitative estimate of drug-likeness (QED) is 0.423. The maximum atomic E-state index is 10.8. The molecule has 0 unspecified atom stereocenters. The van der Waals surface area contributed by atoms with Crippen LogP contribution in [0.5, 0.6) is 0 Å². The van der Waals surface area contributed by atoms with Crippen molar-refractivity contribution in [3.8, 4) is 11.4 Å². The minimum absolute atomic E-state index is 0.00926. The zero-order chi connectivity index (χ0) is 18.5. The van der Waals surface area contributed by atoms with E-state index in [0.29, 0.717) is 28.8 Å². The monoisotopic (exact) mass is 378 g/mol. The van der Waals surface area contributed by atoms with Crippen molar-refractivity contribution in [1.29, 1.82) is 0 Å². The summed E-state index contributed by atoms with van der Waals surface area (Å²) in [6, 6.07) is 6.13. The van der Waals surface area contributed by atoms with Crippen molar-refractivity contribution in [3.05, 3.63) is 34.4 Å². The Morgan fingerprint density at radius 1 is 1.38 bits per heavy atom. The maximum absolute atomic E-state index is 10.8. The van der Waals surface area contributed by atoms with E-state index in [1.807, 2.05) is 4.57 Å². The van der Waals surface area contributed by atoms with E-state index in [1.165, 1.54) is 23.9 Å². The molecule has 3 rings (SSSR count). The number of hydrogen-bond acceptors (Lipinski definition) is 7. The van der Waals surface area contributed by atoms with Gasteiger partial charge in [0.2, 0.25) is 0 Å². The molecule has 0 radical (unpaired) electrons. The molecule has 1 atom stereocenters. The fourth-order valence-corrected chi connectivity index (χ4v) is 3.60. The molecule has 10 heteroatoms. The molecular formula is C16H18N4O5S. The van der Waals surface area contributed by atoms with E-state index < -0.39 is 10.9 Å². The van der Waals surface area contributed by atoms with Crippen LogP contribution in [-0.4, -0.2) is 49.2 Å².